The van der Waals surface area contributed by atoms with Gasteiger partial charge in [-0.05, 0) is 17.2 Å². The number of carboxylic acids is 1. The van der Waals surface area contributed by atoms with Crippen molar-refractivity contribution in [1.82, 2.24) is 9.88 Å². The van der Waals surface area contributed by atoms with Crippen molar-refractivity contribution in [3.05, 3.63) is 123 Å². The third-order valence-electron chi connectivity index (χ3n) is 6.26. The van der Waals surface area contributed by atoms with Crippen molar-refractivity contribution in [3.8, 4) is 16.9 Å². The molecule has 6 nitrogen and oxygen atoms in total. The number of methoxy groups -OCH3 is 1. The summed E-state index contributed by atoms with van der Waals surface area (Å²) in [5, 5.41) is 13.8. The van der Waals surface area contributed by atoms with Gasteiger partial charge >= 0.3 is 5.97 Å². The Labute approximate surface area is 218 Å². The summed E-state index contributed by atoms with van der Waals surface area (Å²) in [5.74, 6) is -0.537. The summed E-state index contributed by atoms with van der Waals surface area (Å²) >= 11 is 1.51. The van der Waals surface area contributed by atoms with E-state index >= 15 is 0 Å². The Hall–Kier alpha value is -4.20. The maximum Gasteiger partial charge on any atom is 0.341 e. The monoisotopic (exact) mass is 510 g/mol. The van der Waals surface area contributed by atoms with Crippen LogP contribution in [0.25, 0.3) is 21.3 Å². The van der Waals surface area contributed by atoms with Crippen LogP contribution >= 0.6 is 11.3 Å². The minimum Gasteiger partial charge on any atom is -0.496 e. The number of aromatic carboxylic acids is 1. The van der Waals surface area contributed by atoms with Gasteiger partial charge in [0.05, 0.1) is 19.0 Å². The average molecular weight is 511 g/mol. The van der Waals surface area contributed by atoms with Gasteiger partial charge in [0.1, 0.15) is 16.1 Å². The smallest absolute Gasteiger partial charge is 0.341 e. The predicted molar refractivity (Wildman–Crippen MR) is 148 cm³/mol. The fourth-order valence-electron chi connectivity index (χ4n) is 4.52. The molecule has 5 aromatic rings. The van der Waals surface area contributed by atoms with Gasteiger partial charge in [-0.15, -0.1) is 11.3 Å². The number of rotatable bonds is 9. The van der Waals surface area contributed by atoms with Gasteiger partial charge in [-0.1, -0.05) is 78.9 Å². The predicted octanol–water partition coefficient (Wildman–Crippen LogP) is 5.77. The first-order valence-corrected chi connectivity index (χ1v) is 12.7. The molecular weight excluding hydrogens is 484 g/mol. The molecule has 7 heteroatoms. The highest BCUT2D eigenvalue weighted by atomic mass is 32.1. The Morgan fingerprint density at radius 3 is 2.32 bits per heavy atom. The molecule has 2 aromatic heterocycles. The highest BCUT2D eigenvalue weighted by Gasteiger charge is 2.23. The molecule has 2 heterocycles. The number of aromatic nitrogens is 1. The van der Waals surface area contributed by atoms with E-state index in [-0.39, 0.29) is 5.56 Å². The van der Waals surface area contributed by atoms with Crippen molar-refractivity contribution < 1.29 is 14.6 Å². The lowest BCUT2D eigenvalue weighted by Gasteiger charge is -2.13. The van der Waals surface area contributed by atoms with Crippen LogP contribution in [0.2, 0.25) is 0 Å². The molecule has 0 saturated heterocycles. The van der Waals surface area contributed by atoms with Crippen molar-refractivity contribution >= 4 is 27.5 Å². The van der Waals surface area contributed by atoms with Crippen LogP contribution in [0.15, 0.2) is 95.9 Å². The SMILES string of the molecule is COc1ccccc1Cn1cc(C(=O)O)c(=O)c2c(-c3ccccc3)c(CNCc3ccccc3)sc21. The molecule has 0 spiro atoms. The van der Waals surface area contributed by atoms with E-state index in [2.05, 4.69) is 17.4 Å². The average Bonchev–Trinajstić information content (AvgIpc) is 3.31. The molecule has 0 fully saturated rings. The summed E-state index contributed by atoms with van der Waals surface area (Å²) in [6.45, 7) is 1.58. The van der Waals surface area contributed by atoms with Crippen LogP contribution in [-0.4, -0.2) is 22.8 Å². The van der Waals surface area contributed by atoms with Crippen molar-refractivity contribution in [1.29, 1.82) is 0 Å². The van der Waals surface area contributed by atoms with E-state index in [1.165, 1.54) is 17.5 Å². The van der Waals surface area contributed by atoms with Crippen LogP contribution < -0.4 is 15.5 Å². The number of carbonyl (C=O) groups is 1. The standard InChI is InChI=1S/C30H26N2O4S/c1-36-24-15-9-8-14-22(24)18-32-19-23(30(34)35)28(33)27-26(21-12-6-3-7-13-21)25(37-29(27)32)17-31-16-20-10-4-2-5-11-20/h2-15,19,31H,16-18H2,1H3,(H,34,35). The summed E-state index contributed by atoms with van der Waals surface area (Å²) in [6, 6.07) is 27.4. The van der Waals surface area contributed by atoms with Crippen LogP contribution in [0.4, 0.5) is 0 Å². The molecule has 3 aromatic carbocycles. The fraction of sp³-hybridized carbons (Fsp3) is 0.133. The summed E-state index contributed by atoms with van der Waals surface area (Å²) in [4.78, 5) is 27.4. The van der Waals surface area contributed by atoms with E-state index in [1.54, 1.807) is 7.11 Å². The Kier molecular flexibility index (Phi) is 7.16. The van der Waals surface area contributed by atoms with Gasteiger partial charge in [0, 0.05) is 35.3 Å². The minimum absolute atomic E-state index is 0.249. The summed E-state index contributed by atoms with van der Waals surface area (Å²) in [7, 11) is 1.61. The minimum atomic E-state index is -1.24. The van der Waals surface area contributed by atoms with Gasteiger partial charge in [0.25, 0.3) is 0 Å². The van der Waals surface area contributed by atoms with Crippen molar-refractivity contribution in [2.75, 3.05) is 7.11 Å². The van der Waals surface area contributed by atoms with Gasteiger partial charge in [0.2, 0.25) is 5.43 Å². The molecule has 0 aliphatic carbocycles. The van der Waals surface area contributed by atoms with E-state index in [4.69, 9.17) is 4.74 Å². The summed E-state index contributed by atoms with van der Waals surface area (Å²) < 4.78 is 7.38. The number of carboxylic acid groups (broad SMARTS) is 1. The van der Waals surface area contributed by atoms with Crippen LogP contribution in [0.3, 0.4) is 0 Å². The normalized spacial score (nSPS) is 11.1. The zero-order chi connectivity index (χ0) is 25.8. The third kappa shape index (κ3) is 5.05. The molecule has 0 radical (unpaired) electrons. The lowest BCUT2D eigenvalue weighted by Crippen LogP contribution is -2.19. The maximum atomic E-state index is 13.6. The Bertz CT molecular complexity index is 1610. The molecule has 0 aliphatic rings. The Balaban J connectivity index is 1.68. The second-order valence-electron chi connectivity index (χ2n) is 8.65. The first kappa shape index (κ1) is 24.5. The van der Waals surface area contributed by atoms with Gasteiger partial charge in [0.15, 0.2) is 0 Å². The van der Waals surface area contributed by atoms with Gasteiger partial charge in [-0.2, -0.15) is 0 Å². The van der Waals surface area contributed by atoms with Gasteiger partial charge in [-0.3, -0.25) is 4.79 Å². The second kappa shape index (κ2) is 10.8. The molecule has 0 unspecified atom stereocenters. The molecule has 0 aliphatic heterocycles. The van der Waals surface area contributed by atoms with E-state index in [1.807, 2.05) is 77.4 Å². The number of thiophene rings is 1. The molecule has 0 amide bonds. The lowest BCUT2D eigenvalue weighted by atomic mass is 10.0. The number of fused-ring (bicyclic) bond motifs is 1. The number of nitrogens with zero attached hydrogens (tertiary/aromatic N) is 1. The topological polar surface area (TPSA) is 80.6 Å². The molecule has 0 bridgehead atoms. The first-order chi connectivity index (χ1) is 18.1. The number of para-hydroxylation sites is 1. The Morgan fingerprint density at radius 1 is 0.946 bits per heavy atom. The number of nitrogens with one attached hydrogen (secondary N) is 1. The molecule has 186 valence electrons. The molecule has 5 rings (SSSR count). The van der Waals surface area contributed by atoms with E-state index in [9.17, 15) is 14.7 Å². The van der Waals surface area contributed by atoms with Gasteiger partial charge < -0.3 is 19.7 Å². The van der Waals surface area contributed by atoms with Gasteiger partial charge in [-0.25, -0.2) is 4.79 Å². The molecular formula is C30H26N2O4S. The van der Waals surface area contributed by atoms with Crippen LogP contribution in [0.1, 0.15) is 26.4 Å². The zero-order valence-corrected chi connectivity index (χ0v) is 21.1. The molecule has 0 saturated carbocycles. The summed E-state index contributed by atoms with van der Waals surface area (Å²) in [5.41, 5.74) is 3.00. The lowest BCUT2D eigenvalue weighted by molar-refractivity contribution is 0.0695. The molecule has 37 heavy (non-hydrogen) atoms. The molecule has 0 atom stereocenters. The van der Waals surface area contributed by atoms with Crippen LogP contribution in [0, 0.1) is 0 Å². The largest absolute Gasteiger partial charge is 0.496 e. The highest BCUT2D eigenvalue weighted by molar-refractivity contribution is 7.19. The Morgan fingerprint density at radius 2 is 1.62 bits per heavy atom. The van der Waals surface area contributed by atoms with Crippen LogP contribution in [-0.2, 0) is 19.6 Å². The fourth-order valence-corrected chi connectivity index (χ4v) is 5.78. The first-order valence-electron chi connectivity index (χ1n) is 11.9. The number of hydrogen-bond acceptors (Lipinski definition) is 5. The van der Waals surface area contributed by atoms with Crippen molar-refractivity contribution in [2.24, 2.45) is 0 Å². The van der Waals surface area contributed by atoms with Crippen molar-refractivity contribution in [3.63, 3.8) is 0 Å². The van der Waals surface area contributed by atoms with E-state index in [0.717, 1.165) is 32.0 Å². The second-order valence-corrected chi connectivity index (χ2v) is 9.74. The van der Waals surface area contributed by atoms with Crippen molar-refractivity contribution in [2.45, 2.75) is 19.6 Å². The summed E-state index contributed by atoms with van der Waals surface area (Å²) in [6.07, 6.45) is 1.45. The number of benzene rings is 3. The van der Waals surface area contributed by atoms with E-state index < -0.39 is 11.4 Å². The number of ether oxygens (including phenoxy) is 1. The number of pyridine rings is 1. The third-order valence-corrected chi connectivity index (χ3v) is 7.49. The quantitative estimate of drug-likeness (QED) is 0.263. The zero-order valence-electron chi connectivity index (χ0n) is 20.3. The number of hydrogen-bond donors (Lipinski definition) is 2. The van der Waals surface area contributed by atoms with E-state index in [0.29, 0.717) is 30.8 Å². The molecule has 2 N–H and O–H groups in total. The maximum absolute atomic E-state index is 13.6. The highest BCUT2D eigenvalue weighted by Crippen LogP contribution is 2.38. The van der Waals surface area contributed by atoms with Crippen LogP contribution in [0.5, 0.6) is 5.75 Å².